The van der Waals surface area contributed by atoms with Crippen LogP contribution in [0.5, 0.6) is 0 Å². The Morgan fingerprint density at radius 2 is 2.06 bits per heavy atom. The highest BCUT2D eigenvalue weighted by atomic mass is 15.2. The molecule has 3 nitrogen and oxygen atoms in total. The van der Waals surface area contributed by atoms with E-state index in [0.717, 1.165) is 38.2 Å². The van der Waals surface area contributed by atoms with Crippen molar-refractivity contribution in [1.29, 1.82) is 0 Å². The highest BCUT2D eigenvalue weighted by Gasteiger charge is 2.17. The van der Waals surface area contributed by atoms with Gasteiger partial charge in [0.1, 0.15) is 5.82 Å². The predicted molar refractivity (Wildman–Crippen MR) is 72.2 cm³/mol. The molecule has 2 N–H and O–H groups in total. The quantitative estimate of drug-likeness (QED) is 0.870. The van der Waals surface area contributed by atoms with Crippen molar-refractivity contribution in [3.8, 4) is 0 Å². The molecule has 1 aliphatic rings. The second-order valence-electron chi connectivity index (χ2n) is 5.41. The van der Waals surface area contributed by atoms with Gasteiger partial charge in [-0.3, -0.25) is 0 Å². The second-order valence-corrected chi connectivity index (χ2v) is 5.41. The topological polar surface area (TPSA) is 42.1 Å². The van der Waals surface area contributed by atoms with Gasteiger partial charge in [0.2, 0.25) is 0 Å². The molecule has 1 aliphatic heterocycles. The Morgan fingerprint density at radius 3 is 2.71 bits per heavy atom. The molecule has 0 spiro atoms. The molecule has 0 aromatic carbocycles. The molecule has 0 amide bonds. The summed E-state index contributed by atoms with van der Waals surface area (Å²) in [6.07, 6.45) is 3.22. The van der Waals surface area contributed by atoms with Crippen LogP contribution in [-0.4, -0.2) is 24.1 Å². The number of anilines is 1. The molecule has 94 valence electrons. The first-order chi connectivity index (χ1) is 8.15. The largest absolute Gasteiger partial charge is 0.356 e. The van der Waals surface area contributed by atoms with E-state index in [9.17, 15) is 0 Å². The minimum absolute atomic E-state index is 0.380. The normalized spacial score (nSPS) is 17.8. The fourth-order valence-electron chi connectivity index (χ4n) is 2.30. The molecule has 1 fully saturated rings. The van der Waals surface area contributed by atoms with Crippen molar-refractivity contribution in [3.63, 3.8) is 0 Å². The maximum atomic E-state index is 5.92. The van der Waals surface area contributed by atoms with Gasteiger partial charge in [0, 0.05) is 24.8 Å². The van der Waals surface area contributed by atoms with E-state index < -0.39 is 0 Å². The molecule has 17 heavy (non-hydrogen) atoms. The smallest absolute Gasteiger partial charge is 0.128 e. The molecule has 1 saturated heterocycles. The van der Waals surface area contributed by atoms with E-state index in [-0.39, 0.29) is 0 Å². The number of hydrogen-bond acceptors (Lipinski definition) is 3. The highest BCUT2D eigenvalue weighted by Crippen LogP contribution is 2.18. The number of rotatable bonds is 3. The summed E-state index contributed by atoms with van der Waals surface area (Å²) in [5.74, 6) is 1.78. The lowest BCUT2D eigenvalue weighted by atomic mass is 10.1. The molecular formula is C14H23N3. The summed E-state index contributed by atoms with van der Waals surface area (Å²) < 4.78 is 0. The molecule has 2 heterocycles. The van der Waals surface area contributed by atoms with Crippen molar-refractivity contribution in [2.24, 2.45) is 11.7 Å². The van der Waals surface area contributed by atoms with Gasteiger partial charge in [0.25, 0.3) is 0 Å². The first-order valence-corrected chi connectivity index (χ1v) is 6.61. The van der Waals surface area contributed by atoms with Crippen molar-refractivity contribution >= 4 is 5.82 Å². The number of pyridine rings is 1. The zero-order valence-corrected chi connectivity index (χ0v) is 10.9. The third kappa shape index (κ3) is 3.43. The van der Waals surface area contributed by atoms with Crippen LogP contribution in [0.3, 0.4) is 0 Å². The van der Waals surface area contributed by atoms with E-state index in [1.165, 1.54) is 5.69 Å². The lowest BCUT2D eigenvalue weighted by Gasteiger charge is -2.31. The van der Waals surface area contributed by atoms with E-state index in [2.05, 4.69) is 36.9 Å². The lowest BCUT2D eigenvalue weighted by molar-refractivity contribution is 0.498. The Kier molecular flexibility index (Phi) is 4.00. The summed E-state index contributed by atoms with van der Waals surface area (Å²) in [5.41, 5.74) is 7.13. The molecule has 3 heteroatoms. The van der Waals surface area contributed by atoms with Crippen LogP contribution in [0.15, 0.2) is 18.2 Å². The molecule has 0 atom stereocenters. The van der Waals surface area contributed by atoms with Gasteiger partial charge in [0.15, 0.2) is 0 Å². The van der Waals surface area contributed by atoms with Gasteiger partial charge in [-0.2, -0.15) is 0 Å². The van der Waals surface area contributed by atoms with Gasteiger partial charge in [-0.1, -0.05) is 19.9 Å². The first kappa shape index (κ1) is 12.4. The SMILES string of the molecule is CC(C)Cc1cccc(N2CCC(N)CC2)n1. The third-order valence-electron chi connectivity index (χ3n) is 3.27. The van der Waals surface area contributed by atoms with Crippen molar-refractivity contribution in [3.05, 3.63) is 23.9 Å². The minimum atomic E-state index is 0.380. The van der Waals surface area contributed by atoms with Gasteiger partial charge >= 0.3 is 0 Å². The Hall–Kier alpha value is -1.09. The van der Waals surface area contributed by atoms with Crippen LogP contribution in [0.4, 0.5) is 5.82 Å². The van der Waals surface area contributed by atoms with Crippen LogP contribution in [0, 0.1) is 5.92 Å². The monoisotopic (exact) mass is 233 g/mol. The maximum Gasteiger partial charge on any atom is 0.128 e. The van der Waals surface area contributed by atoms with E-state index in [1.807, 2.05) is 0 Å². The maximum absolute atomic E-state index is 5.92. The lowest BCUT2D eigenvalue weighted by Crippen LogP contribution is -2.40. The van der Waals surface area contributed by atoms with Crippen molar-refractivity contribution in [2.75, 3.05) is 18.0 Å². The first-order valence-electron chi connectivity index (χ1n) is 6.61. The standard InChI is InChI=1S/C14H23N3/c1-11(2)10-13-4-3-5-14(16-13)17-8-6-12(15)7-9-17/h3-5,11-12H,6-10,15H2,1-2H3. The Balaban J connectivity index is 2.05. The summed E-state index contributed by atoms with van der Waals surface area (Å²) in [7, 11) is 0. The fraction of sp³-hybridized carbons (Fsp3) is 0.643. The van der Waals surface area contributed by atoms with Crippen LogP contribution in [0.25, 0.3) is 0 Å². The fourth-order valence-corrected chi connectivity index (χ4v) is 2.30. The summed E-state index contributed by atoms with van der Waals surface area (Å²) in [4.78, 5) is 7.10. The molecule has 1 aromatic heterocycles. The van der Waals surface area contributed by atoms with Crippen molar-refractivity contribution < 1.29 is 0 Å². The molecule has 1 aromatic rings. The zero-order chi connectivity index (χ0) is 12.3. The predicted octanol–water partition coefficient (Wildman–Crippen LogP) is 2.21. The van der Waals surface area contributed by atoms with Gasteiger partial charge in [-0.25, -0.2) is 4.98 Å². The third-order valence-corrected chi connectivity index (χ3v) is 3.27. The number of aromatic nitrogens is 1. The molecular weight excluding hydrogens is 210 g/mol. The molecule has 0 unspecified atom stereocenters. The number of nitrogens with two attached hydrogens (primary N) is 1. The van der Waals surface area contributed by atoms with Crippen LogP contribution in [-0.2, 0) is 6.42 Å². The highest BCUT2D eigenvalue weighted by molar-refractivity contribution is 5.39. The van der Waals surface area contributed by atoms with Gasteiger partial charge in [-0.15, -0.1) is 0 Å². The molecule has 0 aliphatic carbocycles. The number of nitrogens with zero attached hydrogens (tertiary/aromatic N) is 2. The molecule has 0 radical (unpaired) electrons. The van der Waals surface area contributed by atoms with Gasteiger partial charge < -0.3 is 10.6 Å². The van der Waals surface area contributed by atoms with Gasteiger partial charge in [-0.05, 0) is 37.3 Å². The Bertz CT molecular complexity index is 354. The van der Waals surface area contributed by atoms with E-state index >= 15 is 0 Å². The minimum Gasteiger partial charge on any atom is -0.356 e. The van der Waals surface area contributed by atoms with E-state index in [1.54, 1.807) is 0 Å². The second kappa shape index (κ2) is 5.50. The Labute approximate surface area is 104 Å². The van der Waals surface area contributed by atoms with Crippen LogP contribution < -0.4 is 10.6 Å². The Morgan fingerprint density at radius 1 is 1.35 bits per heavy atom. The summed E-state index contributed by atoms with van der Waals surface area (Å²) in [6, 6.07) is 6.74. The average Bonchev–Trinajstić information content (AvgIpc) is 2.29. The summed E-state index contributed by atoms with van der Waals surface area (Å²) in [5, 5.41) is 0. The van der Waals surface area contributed by atoms with Crippen LogP contribution in [0.1, 0.15) is 32.4 Å². The molecule has 0 saturated carbocycles. The molecule has 2 rings (SSSR count). The van der Waals surface area contributed by atoms with Crippen LogP contribution >= 0.6 is 0 Å². The van der Waals surface area contributed by atoms with Crippen molar-refractivity contribution in [1.82, 2.24) is 4.98 Å². The number of piperidine rings is 1. The van der Waals surface area contributed by atoms with Crippen LogP contribution in [0.2, 0.25) is 0 Å². The van der Waals surface area contributed by atoms with Gasteiger partial charge in [0.05, 0.1) is 0 Å². The summed E-state index contributed by atoms with van der Waals surface area (Å²) >= 11 is 0. The molecule has 0 bridgehead atoms. The van der Waals surface area contributed by atoms with E-state index in [4.69, 9.17) is 10.7 Å². The zero-order valence-electron chi connectivity index (χ0n) is 10.9. The number of hydrogen-bond donors (Lipinski definition) is 1. The average molecular weight is 233 g/mol. The summed E-state index contributed by atoms with van der Waals surface area (Å²) in [6.45, 7) is 6.54. The van der Waals surface area contributed by atoms with Crippen molar-refractivity contribution in [2.45, 2.75) is 39.2 Å². The van der Waals surface area contributed by atoms with E-state index in [0.29, 0.717) is 12.0 Å².